The summed E-state index contributed by atoms with van der Waals surface area (Å²) in [6.45, 7) is 0.478. The summed E-state index contributed by atoms with van der Waals surface area (Å²) in [5.41, 5.74) is 6.49. The molecule has 0 amide bonds. The van der Waals surface area contributed by atoms with Crippen LogP contribution in [0.4, 0.5) is 10.1 Å². The van der Waals surface area contributed by atoms with Crippen LogP contribution in [0.5, 0.6) is 0 Å². The van der Waals surface area contributed by atoms with Gasteiger partial charge in [0.1, 0.15) is 5.82 Å². The van der Waals surface area contributed by atoms with Gasteiger partial charge in [-0.25, -0.2) is 9.37 Å². The zero-order valence-electron chi connectivity index (χ0n) is 7.52. The van der Waals surface area contributed by atoms with E-state index < -0.39 is 0 Å². The van der Waals surface area contributed by atoms with Crippen molar-refractivity contribution in [1.29, 1.82) is 0 Å². The molecule has 3 nitrogen and oxygen atoms in total. The van der Waals surface area contributed by atoms with E-state index in [-0.39, 0.29) is 5.82 Å². The molecule has 0 spiro atoms. The summed E-state index contributed by atoms with van der Waals surface area (Å²) in [5.74, 6) is -0.279. The van der Waals surface area contributed by atoms with E-state index in [4.69, 9.17) is 5.73 Å². The summed E-state index contributed by atoms with van der Waals surface area (Å²) in [5, 5.41) is 0. The summed E-state index contributed by atoms with van der Waals surface area (Å²) in [7, 11) is 0. The third-order valence-corrected chi connectivity index (χ3v) is 1.99. The van der Waals surface area contributed by atoms with Crippen LogP contribution >= 0.6 is 0 Å². The SMILES string of the molecule is Nc1ccc(Cn2ccnc2)c(F)c1. The number of imidazole rings is 1. The summed E-state index contributed by atoms with van der Waals surface area (Å²) in [4.78, 5) is 3.88. The molecule has 1 aromatic carbocycles. The molecule has 72 valence electrons. The van der Waals surface area contributed by atoms with Gasteiger partial charge in [0.05, 0.1) is 12.9 Å². The molecule has 0 saturated heterocycles. The van der Waals surface area contributed by atoms with Gasteiger partial charge in [0.15, 0.2) is 0 Å². The number of anilines is 1. The lowest BCUT2D eigenvalue weighted by Crippen LogP contribution is -2.00. The highest BCUT2D eigenvalue weighted by Gasteiger charge is 2.02. The maximum Gasteiger partial charge on any atom is 0.130 e. The largest absolute Gasteiger partial charge is 0.399 e. The molecule has 1 heterocycles. The van der Waals surface area contributed by atoms with Crippen LogP contribution < -0.4 is 5.73 Å². The Morgan fingerprint density at radius 3 is 2.93 bits per heavy atom. The molecule has 2 aromatic rings. The minimum absolute atomic E-state index is 0.279. The van der Waals surface area contributed by atoms with Crippen molar-refractivity contribution in [2.24, 2.45) is 0 Å². The summed E-state index contributed by atoms with van der Waals surface area (Å²) in [6, 6.07) is 4.70. The summed E-state index contributed by atoms with van der Waals surface area (Å²) < 4.78 is 15.1. The van der Waals surface area contributed by atoms with E-state index in [1.54, 1.807) is 35.4 Å². The Balaban J connectivity index is 2.25. The number of hydrogen-bond acceptors (Lipinski definition) is 2. The molecule has 0 aliphatic carbocycles. The Hall–Kier alpha value is -1.84. The van der Waals surface area contributed by atoms with Crippen molar-refractivity contribution in [3.05, 3.63) is 48.3 Å². The lowest BCUT2D eigenvalue weighted by atomic mass is 10.2. The first-order valence-electron chi connectivity index (χ1n) is 4.25. The van der Waals surface area contributed by atoms with Gasteiger partial charge in [0, 0.05) is 23.6 Å². The maximum absolute atomic E-state index is 13.3. The van der Waals surface area contributed by atoms with Gasteiger partial charge in [-0.2, -0.15) is 0 Å². The smallest absolute Gasteiger partial charge is 0.130 e. The molecule has 14 heavy (non-hydrogen) atoms. The van der Waals surface area contributed by atoms with Crippen molar-refractivity contribution in [3.8, 4) is 0 Å². The van der Waals surface area contributed by atoms with Crippen LogP contribution in [0.3, 0.4) is 0 Å². The molecule has 0 saturated carbocycles. The highest BCUT2D eigenvalue weighted by atomic mass is 19.1. The maximum atomic E-state index is 13.3. The number of nitrogens with two attached hydrogens (primary N) is 1. The lowest BCUT2D eigenvalue weighted by Gasteiger charge is -2.04. The van der Waals surface area contributed by atoms with Crippen LogP contribution in [-0.4, -0.2) is 9.55 Å². The van der Waals surface area contributed by atoms with Gasteiger partial charge < -0.3 is 10.3 Å². The van der Waals surface area contributed by atoms with Crippen molar-refractivity contribution in [3.63, 3.8) is 0 Å². The second-order valence-electron chi connectivity index (χ2n) is 3.09. The van der Waals surface area contributed by atoms with Gasteiger partial charge in [0.2, 0.25) is 0 Å². The van der Waals surface area contributed by atoms with E-state index in [0.717, 1.165) is 0 Å². The highest BCUT2D eigenvalue weighted by Crippen LogP contribution is 2.12. The quantitative estimate of drug-likeness (QED) is 0.733. The van der Waals surface area contributed by atoms with E-state index in [1.807, 2.05) is 0 Å². The van der Waals surface area contributed by atoms with Gasteiger partial charge in [-0.1, -0.05) is 6.07 Å². The molecule has 4 heteroatoms. The zero-order chi connectivity index (χ0) is 9.97. The number of halogens is 1. The van der Waals surface area contributed by atoms with E-state index in [1.165, 1.54) is 6.07 Å². The average molecular weight is 191 g/mol. The van der Waals surface area contributed by atoms with E-state index in [0.29, 0.717) is 17.8 Å². The second-order valence-corrected chi connectivity index (χ2v) is 3.09. The normalized spacial score (nSPS) is 10.4. The minimum Gasteiger partial charge on any atom is -0.399 e. The number of nitrogen functional groups attached to an aromatic ring is 1. The Morgan fingerprint density at radius 2 is 2.29 bits per heavy atom. The predicted octanol–water partition coefficient (Wildman–Crippen LogP) is 1.65. The molecule has 2 rings (SSSR count). The number of nitrogens with zero attached hydrogens (tertiary/aromatic N) is 2. The van der Waals surface area contributed by atoms with Gasteiger partial charge in [0.25, 0.3) is 0 Å². The fourth-order valence-electron chi connectivity index (χ4n) is 1.27. The van der Waals surface area contributed by atoms with Gasteiger partial charge in [-0.3, -0.25) is 0 Å². The fraction of sp³-hybridized carbons (Fsp3) is 0.100. The Labute approximate surface area is 81.0 Å². The molecule has 0 fully saturated rings. The monoisotopic (exact) mass is 191 g/mol. The van der Waals surface area contributed by atoms with E-state index in [2.05, 4.69) is 4.98 Å². The molecular formula is C10H10FN3. The molecule has 1 aromatic heterocycles. The van der Waals surface area contributed by atoms with Crippen LogP contribution in [0.1, 0.15) is 5.56 Å². The molecule has 0 aliphatic rings. The third-order valence-electron chi connectivity index (χ3n) is 1.99. The first-order chi connectivity index (χ1) is 6.75. The molecule has 0 aliphatic heterocycles. The van der Waals surface area contributed by atoms with Crippen molar-refractivity contribution in [2.45, 2.75) is 6.54 Å². The van der Waals surface area contributed by atoms with E-state index >= 15 is 0 Å². The van der Waals surface area contributed by atoms with Crippen molar-refractivity contribution in [2.75, 3.05) is 5.73 Å². The minimum atomic E-state index is -0.279. The van der Waals surface area contributed by atoms with Crippen LogP contribution in [0.15, 0.2) is 36.9 Å². The number of rotatable bonds is 2. The molecule has 0 unspecified atom stereocenters. The van der Waals surface area contributed by atoms with Gasteiger partial charge in [-0.05, 0) is 12.1 Å². The van der Waals surface area contributed by atoms with Crippen LogP contribution in [0.2, 0.25) is 0 Å². The number of hydrogen-bond donors (Lipinski definition) is 1. The highest BCUT2D eigenvalue weighted by molar-refractivity contribution is 5.40. The molecule has 0 radical (unpaired) electrons. The third kappa shape index (κ3) is 1.74. The van der Waals surface area contributed by atoms with E-state index in [9.17, 15) is 4.39 Å². The molecule has 0 atom stereocenters. The van der Waals surface area contributed by atoms with Crippen molar-refractivity contribution in [1.82, 2.24) is 9.55 Å². The lowest BCUT2D eigenvalue weighted by molar-refractivity contribution is 0.600. The van der Waals surface area contributed by atoms with Crippen molar-refractivity contribution < 1.29 is 4.39 Å². The number of aromatic nitrogens is 2. The Morgan fingerprint density at radius 1 is 1.43 bits per heavy atom. The first kappa shape index (κ1) is 8.74. The summed E-state index contributed by atoms with van der Waals surface area (Å²) >= 11 is 0. The fourth-order valence-corrected chi connectivity index (χ4v) is 1.27. The molecule has 2 N–H and O–H groups in total. The van der Waals surface area contributed by atoms with Crippen LogP contribution in [0, 0.1) is 5.82 Å². The molecular weight excluding hydrogens is 181 g/mol. The topological polar surface area (TPSA) is 43.8 Å². The first-order valence-corrected chi connectivity index (χ1v) is 4.25. The number of benzene rings is 1. The Bertz CT molecular complexity index is 423. The standard InChI is InChI=1S/C10H10FN3/c11-10-5-9(12)2-1-8(10)6-14-4-3-13-7-14/h1-5,7H,6,12H2. The predicted molar refractivity (Wildman–Crippen MR) is 52.1 cm³/mol. The van der Waals surface area contributed by atoms with Crippen molar-refractivity contribution >= 4 is 5.69 Å². The second kappa shape index (κ2) is 3.49. The van der Waals surface area contributed by atoms with Crippen LogP contribution in [0.25, 0.3) is 0 Å². The average Bonchev–Trinajstić information content (AvgIpc) is 2.62. The molecule has 0 bridgehead atoms. The van der Waals surface area contributed by atoms with Gasteiger partial charge in [-0.15, -0.1) is 0 Å². The zero-order valence-corrected chi connectivity index (χ0v) is 7.52. The Kier molecular flexibility index (Phi) is 2.18. The van der Waals surface area contributed by atoms with Crippen LogP contribution in [-0.2, 0) is 6.54 Å². The van der Waals surface area contributed by atoms with Gasteiger partial charge >= 0.3 is 0 Å². The summed E-state index contributed by atoms with van der Waals surface area (Å²) in [6.07, 6.45) is 5.10.